The third-order valence-corrected chi connectivity index (χ3v) is 1.32. The Labute approximate surface area is 69.2 Å². The minimum absolute atomic E-state index is 0.653. The van der Waals surface area contributed by atoms with Crippen LogP contribution in [-0.2, 0) is 0 Å². The summed E-state index contributed by atoms with van der Waals surface area (Å²) >= 11 is 0. The van der Waals surface area contributed by atoms with Gasteiger partial charge in [0.25, 0.3) is 0 Å². The van der Waals surface area contributed by atoms with Crippen molar-refractivity contribution in [3.63, 3.8) is 0 Å². The highest BCUT2D eigenvalue weighted by Gasteiger charge is 1.97. The zero-order valence-electron chi connectivity index (χ0n) is 7.65. The highest BCUT2D eigenvalue weighted by atomic mass is 14.9. The van der Waals surface area contributed by atoms with E-state index in [-0.39, 0.29) is 0 Å². The molecule has 0 heterocycles. The average Bonchev–Trinajstić information content (AvgIpc) is 1.87. The molecule has 11 heavy (non-hydrogen) atoms. The van der Waals surface area contributed by atoms with Gasteiger partial charge in [-0.2, -0.15) is 0 Å². The Hall–Kier alpha value is -0.790. The molecule has 0 rings (SSSR count). The molecular formula is C9H18N2. The first-order valence-corrected chi connectivity index (χ1v) is 4.14. The maximum atomic E-state index is 6.91. The van der Waals surface area contributed by atoms with Gasteiger partial charge in [0.15, 0.2) is 0 Å². The number of nitrogens with one attached hydrogen (secondary N) is 2. The molecule has 0 amide bonds. The molecule has 0 radical (unpaired) electrons. The van der Waals surface area contributed by atoms with Crippen LogP contribution in [0.2, 0.25) is 0 Å². The largest absolute Gasteiger partial charge is 0.389 e. The summed E-state index contributed by atoms with van der Waals surface area (Å²) in [5, 5.41) is 10.1. The summed E-state index contributed by atoms with van der Waals surface area (Å²) in [4.78, 5) is 0. The molecule has 64 valence electrons. The van der Waals surface area contributed by atoms with Gasteiger partial charge in [-0.3, -0.25) is 0 Å². The predicted octanol–water partition coefficient (Wildman–Crippen LogP) is 2.18. The smallest absolute Gasteiger partial charge is 0.0194 e. The van der Waals surface area contributed by atoms with E-state index in [9.17, 15) is 0 Å². The molecule has 2 N–H and O–H groups in total. The summed E-state index contributed by atoms with van der Waals surface area (Å²) in [7, 11) is 0. The molecule has 0 saturated heterocycles. The van der Waals surface area contributed by atoms with Gasteiger partial charge >= 0.3 is 0 Å². The van der Waals surface area contributed by atoms with Crippen molar-refractivity contribution in [3.05, 3.63) is 11.8 Å². The zero-order valence-corrected chi connectivity index (χ0v) is 7.65. The Bertz CT molecular complexity index is 136. The number of rotatable bonds is 5. The first-order chi connectivity index (χ1) is 5.20. The van der Waals surface area contributed by atoms with Crippen LogP contribution in [-0.4, -0.2) is 12.8 Å². The summed E-state index contributed by atoms with van der Waals surface area (Å²) in [6, 6.07) is 0. The monoisotopic (exact) mass is 154 g/mol. The Morgan fingerprint density at radius 2 is 2.18 bits per heavy atom. The Morgan fingerprint density at radius 3 is 2.55 bits per heavy atom. The number of hydrogen-bond acceptors (Lipinski definition) is 2. The zero-order chi connectivity index (χ0) is 8.69. The summed E-state index contributed by atoms with van der Waals surface area (Å²) in [5.74, 6) is 0.653. The van der Waals surface area contributed by atoms with Crippen molar-refractivity contribution in [2.75, 3.05) is 6.54 Å². The molecular weight excluding hydrogens is 136 g/mol. The van der Waals surface area contributed by atoms with E-state index >= 15 is 0 Å². The van der Waals surface area contributed by atoms with E-state index in [4.69, 9.17) is 5.41 Å². The summed E-state index contributed by atoms with van der Waals surface area (Å²) in [5.41, 5.74) is 1.16. The molecule has 0 aliphatic rings. The Morgan fingerprint density at radius 1 is 1.55 bits per heavy atom. The fraction of sp³-hybridized carbons (Fsp3) is 0.667. The minimum Gasteiger partial charge on any atom is -0.389 e. The molecule has 0 aromatic rings. The fourth-order valence-electron chi connectivity index (χ4n) is 0.967. The third-order valence-electron chi connectivity index (χ3n) is 1.32. The van der Waals surface area contributed by atoms with Crippen LogP contribution in [0.5, 0.6) is 0 Å². The topological polar surface area (TPSA) is 35.9 Å². The third kappa shape index (κ3) is 5.64. The van der Waals surface area contributed by atoms with Crippen LogP contribution < -0.4 is 5.32 Å². The van der Waals surface area contributed by atoms with Crippen molar-refractivity contribution in [3.8, 4) is 0 Å². The fourth-order valence-corrected chi connectivity index (χ4v) is 0.967. The lowest BCUT2D eigenvalue weighted by molar-refractivity contribution is 0.608. The van der Waals surface area contributed by atoms with E-state index in [0.717, 1.165) is 18.7 Å². The van der Waals surface area contributed by atoms with E-state index in [0.29, 0.717) is 5.92 Å². The molecule has 0 aromatic carbocycles. The molecule has 0 atom stereocenters. The Kier molecular flexibility index (Phi) is 5.53. The lowest BCUT2D eigenvalue weighted by atomic mass is 10.1. The van der Waals surface area contributed by atoms with Gasteiger partial charge in [-0.1, -0.05) is 13.8 Å². The second-order valence-corrected chi connectivity index (χ2v) is 2.99. The van der Waals surface area contributed by atoms with Crippen molar-refractivity contribution in [2.45, 2.75) is 27.2 Å². The molecule has 0 aliphatic carbocycles. The molecule has 0 aromatic heterocycles. The van der Waals surface area contributed by atoms with Crippen LogP contribution >= 0.6 is 0 Å². The van der Waals surface area contributed by atoms with Gasteiger partial charge in [0, 0.05) is 18.5 Å². The van der Waals surface area contributed by atoms with Gasteiger partial charge in [-0.05, 0) is 25.3 Å². The van der Waals surface area contributed by atoms with Crippen molar-refractivity contribution in [1.29, 1.82) is 5.41 Å². The molecule has 0 fully saturated rings. The van der Waals surface area contributed by atoms with Gasteiger partial charge in [-0.25, -0.2) is 0 Å². The SMILES string of the molecule is CCN/C(=C\C=N)CC(C)C. The van der Waals surface area contributed by atoms with E-state index in [1.807, 2.05) is 6.08 Å². The van der Waals surface area contributed by atoms with Gasteiger partial charge < -0.3 is 10.7 Å². The minimum atomic E-state index is 0.653. The lowest BCUT2D eigenvalue weighted by Gasteiger charge is -2.10. The van der Waals surface area contributed by atoms with Crippen molar-refractivity contribution in [1.82, 2.24) is 5.32 Å². The van der Waals surface area contributed by atoms with Crippen molar-refractivity contribution >= 4 is 6.21 Å². The summed E-state index contributed by atoms with van der Waals surface area (Å²) in [6.07, 6.45) is 4.19. The standard InChI is InChI=1S/C9H18N2/c1-4-11-9(5-6-10)7-8(2)3/h5-6,8,10-11H,4,7H2,1-3H3/b9-5-,10-6?. The van der Waals surface area contributed by atoms with Crippen LogP contribution in [0.3, 0.4) is 0 Å². The normalized spacial score (nSPS) is 11.8. The van der Waals surface area contributed by atoms with Gasteiger partial charge in [0.1, 0.15) is 0 Å². The summed E-state index contributed by atoms with van der Waals surface area (Å²) in [6.45, 7) is 7.36. The average molecular weight is 154 g/mol. The maximum absolute atomic E-state index is 6.91. The van der Waals surface area contributed by atoms with E-state index in [2.05, 4.69) is 26.1 Å². The highest BCUT2D eigenvalue weighted by molar-refractivity contribution is 5.68. The first-order valence-electron chi connectivity index (χ1n) is 4.14. The Balaban J connectivity index is 3.88. The molecule has 0 unspecified atom stereocenters. The van der Waals surface area contributed by atoms with Crippen LogP contribution in [0.25, 0.3) is 0 Å². The van der Waals surface area contributed by atoms with Gasteiger partial charge in [0.2, 0.25) is 0 Å². The second-order valence-electron chi connectivity index (χ2n) is 2.99. The maximum Gasteiger partial charge on any atom is 0.0194 e. The van der Waals surface area contributed by atoms with E-state index < -0.39 is 0 Å². The molecule has 2 nitrogen and oxygen atoms in total. The second kappa shape index (κ2) is 5.96. The first kappa shape index (κ1) is 10.2. The van der Waals surface area contributed by atoms with Crippen LogP contribution in [0.15, 0.2) is 11.8 Å². The van der Waals surface area contributed by atoms with Crippen molar-refractivity contribution in [2.24, 2.45) is 5.92 Å². The van der Waals surface area contributed by atoms with Crippen LogP contribution in [0.4, 0.5) is 0 Å². The number of allylic oxidation sites excluding steroid dienone is 2. The van der Waals surface area contributed by atoms with E-state index in [1.165, 1.54) is 6.21 Å². The summed E-state index contributed by atoms with van der Waals surface area (Å²) < 4.78 is 0. The van der Waals surface area contributed by atoms with Crippen molar-refractivity contribution < 1.29 is 0 Å². The van der Waals surface area contributed by atoms with Crippen LogP contribution in [0, 0.1) is 11.3 Å². The lowest BCUT2D eigenvalue weighted by Crippen LogP contribution is -2.14. The van der Waals surface area contributed by atoms with Gasteiger partial charge in [0.05, 0.1) is 0 Å². The van der Waals surface area contributed by atoms with E-state index in [1.54, 1.807) is 0 Å². The van der Waals surface area contributed by atoms with Crippen LogP contribution in [0.1, 0.15) is 27.2 Å². The number of hydrogen-bond donors (Lipinski definition) is 2. The van der Waals surface area contributed by atoms with Gasteiger partial charge in [-0.15, -0.1) is 0 Å². The highest BCUT2D eigenvalue weighted by Crippen LogP contribution is 2.06. The molecule has 0 spiro atoms. The molecule has 2 heteroatoms. The predicted molar refractivity (Wildman–Crippen MR) is 50.0 cm³/mol. The molecule has 0 saturated carbocycles. The molecule has 0 bridgehead atoms. The quantitative estimate of drug-likeness (QED) is 0.585. The molecule has 0 aliphatic heterocycles.